The van der Waals surface area contributed by atoms with Gasteiger partial charge in [-0.15, -0.1) is 24.0 Å². The second-order valence-electron chi connectivity index (χ2n) is 6.39. The summed E-state index contributed by atoms with van der Waals surface area (Å²) in [6.45, 7) is 12.7. The number of nitrogens with zero attached hydrogens (tertiary/aromatic N) is 1. The quantitative estimate of drug-likeness (QED) is 0.269. The topological polar surface area (TPSA) is 94.6 Å². The molecular weight excluding hydrogens is 409 g/mol. The van der Waals surface area contributed by atoms with Crippen LogP contribution in [0.4, 0.5) is 0 Å². The van der Waals surface area contributed by atoms with Gasteiger partial charge in [0.25, 0.3) is 0 Å². The Morgan fingerprint density at radius 2 is 1.70 bits per heavy atom. The molecule has 0 unspecified atom stereocenters. The van der Waals surface area contributed by atoms with Crippen LogP contribution < -0.4 is 21.3 Å². The van der Waals surface area contributed by atoms with Gasteiger partial charge in [0, 0.05) is 31.1 Å². The summed E-state index contributed by atoms with van der Waals surface area (Å²) in [6, 6.07) is 0.135. The van der Waals surface area contributed by atoms with Crippen molar-refractivity contribution < 1.29 is 9.59 Å². The van der Waals surface area contributed by atoms with Gasteiger partial charge in [0.15, 0.2) is 5.96 Å². The lowest BCUT2D eigenvalue weighted by molar-refractivity contribution is -0.122. The Morgan fingerprint density at radius 3 is 2.17 bits per heavy atom. The molecule has 0 aromatic heterocycles. The van der Waals surface area contributed by atoms with E-state index in [9.17, 15) is 9.59 Å². The summed E-state index contributed by atoms with van der Waals surface area (Å²) in [7, 11) is 0. The van der Waals surface area contributed by atoms with Gasteiger partial charge in [0.05, 0.1) is 0 Å². The molecule has 0 bridgehead atoms. The minimum Gasteiger partial charge on any atom is -0.357 e. The molecule has 0 aromatic carbocycles. The number of guanidine groups is 1. The van der Waals surface area contributed by atoms with Gasteiger partial charge < -0.3 is 21.3 Å². The lowest BCUT2D eigenvalue weighted by Gasteiger charge is -2.20. The second kappa shape index (κ2) is 12.4. The molecule has 0 aliphatic heterocycles. The van der Waals surface area contributed by atoms with Crippen LogP contribution in [0.2, 0.25) is 0 Å². The maximum Gasteiger partial charge on any atom is 0.242 e. The smallest absolute Gasteiger partial charge is 0.242 e. The van der Waals surface area contributed by atoms with E-state index in [0.717, 1.165) is 0 Å². The molecule has 0 spiro atoms. The molecule has 0 atom stereocenters. The number of nitrogens with one attached hydrogen (secondary N) is 4. The average Bonchev–Trinajstić information content (AvgIpc) is 2.32. The van der Waals surface area contributed by atoms with E-state index < -0.39 is 0 Å². The Kier molecular flexibility index (Phi) is 13.0. The van der Waals surface area contributed by atoms with Gasteiger partial charge in [-0.2, -0.15) is 0 Å². The highest BCUT2D eigenvalue weighted by Gasteiger charge is 2.13. The van der Waals surface area contributed by atoms with E-state index in [1.54, 1.807) is 0 Å². The fraction of sp³-hybridized carbons (Fsp3) is 0.800. The molecule has 0 saturated heterocycles. The summed E-state index contributed by atoms with van der Waals surface area (Å²) in [5.41, 5.74) is -0.271. The molecule has 0 saturated carbocycles. The van der Waals surface area contributed by atoms with Crippen LogP contribution in [-0.2, 0) is 9.59 Å². The van der Waals surface area contributed by atoms with Gasteiger partial charge in [0.2, 0.25) is 11.8 Å². The molecule has 0 aromatic rings. The molecule has 0 rings (SSSR count). The van der Waals surface area contributed by atoms with Crippen LogP contribution in [0.5, 0.6) is 0 Å². The summed E-state index contributed by atoms with van der Waals surface area (Å²) < 4.78 is 0. The van der Waals surface area contributed by atoms with E-state index in [1.165, 1.54) is 0 Å². The van der Waals surface area contributed by atoms with Crippen molar-refractivity contribution in [2.45, 2.75) is 59.5 Å². The van der Waals surface area contributed by atoms with Crippen molar-refractivity contribution in [2.75, 3.05) is 19.6 Å². The van der Waals surface area contributed by atoms with E-state index in [1.807, 2.05) is 41.5 Å². The van der Waals surface area contributed by atoms with Gasteiger partial charge in [0.1, 0.15) is 6.54 Å². The largest absolute Gasteiger partial charge is 0.357 e. The molecule has 7 nitrogen and oxygen atoms in total. The number of hydrogen-bond donors (Lipinski definition) is 4. The Bertz CT molecular complexity index is 392. The molecule has 0 heterocycles. The third-order valence-corrected chi connectivity index (χ3v) is 2.33. The summed E-state index contributed by atoms with van der Waals surface area (Å²) >= 11 is 0. The highest BCUT2D eigenvalue weighted by molar-refractivity contribution is 14.0. The van der Waals surface area contributed by atoms with Crippen LogP contribution in [0.15, 0.2) is 4.99 Å². The standard InChI is InChI=1S/C15H31N5O2.HI/c1-7-16-14(17-9-8-12(21)19-11(2)3)18-10-13(22)20-15(4,5)6;/h11H,7-10H2,1-6H3,(H,19,21)(H,20,22)(H2,16,17,18);1H. The Hall–Kier alpha value is -1.06. The number of carbonyl (C=O) groups is 2. The third kappa shape index (κ3) is 15.6. The minimum atomic E-state index is -0.271. The van der Waals surface area contributed by atoms with E-state index >= 15 is 0 Å². The fourth-order valence-electron chi connectivity index (χ4n) is 1.64. The first-order valence-electron chi connectivity index (χ1n) is 7.76. The van der Waals surface area contributed by atoms with Gasteiger partial charge >= 0.3 is 0 Å². The first-order chi connectivity index (χ1) is 10.1. The van der Waals surface area contributed by atoms with Gasteiger partial charge in [-0.25, -0.2) is 4.99 Å². The fourth-order valence-corrected chi connectivity index (χ4v) is 1.64. The lowest BCUT2D eigenvalue weighted by Crippen LogP contribution is -2.43. The predicted molar refractivity (Wildman–Crippen MR) is 105 cm³/mol. The predicted octanol–water partition coefficient (Wildman–Crippen LogP) is 0.989. The summed E-state index contributed by atoms with van der Waals surface area (Å²) in [5.74, 6) is 0.384. The number of rotatable bonds is 7. The van der Waals surface area contributed by atoms with E-state index in [0.29, 0.717) is 25.5 Å². The first kappa shape index (κ1) is 24.2. The van der Waals surface area contributed by atoms with E-state index in [2.05, 4.69) is 26.3 Å². The highest BCUT2D eigenvalue weighted by atomic mass is 127. The molecule has 0 fully saturated rings. The first-order valence-corrected chi connectivity index (χ1v) is 7.76. The number of halogens is 1. The third-order valence-electron chi connectivity index (χ3n) is 2.33. The summed E-state index contributed by atoms with van der Waals surface area (Å²) in [5, 5.41) is 11.8. The molecule has 8 heteroatoms. The van der Waals surface area contributed by atoms with Crippen molar-refractivity contribution in [3.8, 4) is 0 Å². The van der Waals surface area contributed by atoms with Gasteiger partial charge in [-0.3, -0.25) is 9.59 Å². The van der Waals surface area contributed by atoms with Crippen molar-refractivity contribution >= 4 is 41.8 Å². The number of aliphatic imine (C=N–C) groups is 1. The van der Waals surface area contributed by atoms with Crippen molar-refractivity contribution in [1.82, 2.24) is 21.3 Å². The maximum absolute atomic E-state index is 11.7. The zero-order chi connectivity index (χ0) is 17.2. The molecule has 0 aliphatic carbocycles. The molecule has 23 heavy (non-hydrogen) atoms. The summed E-state index contributed by atoms with van der Waals surface area (Å²) in [4.78, 5) is 27.5. The Morgan fingerprint density at radius 1 is 1.09 bits per heavy atom. The SMILES string of the molecule is CCNC(=NCC(=O)NC(C)(C)C)NCCC(=O)NC(C)C.I. The zero-order valence-corrected chi connectivity index (χ0v) is 17.4. The molecular formula is C15H32IN5O2. The summed E-state index contributed by atoms with van der Waals surface area (Å²) in [6.07, 6.45) is 0.358. The number of hydrogen-bond acceptors (Lipinski definition) is 3. The van der Waals surface area contributed by atoms with Crippen molar-refractivity contribution in [3.05, 3.63) is 0 Å². The van der Waals surface area contributed by atoms with Crippen LogP contribution >= 0.6 is 24.0 Å². The minimum absolute atomic E-state index is 0. The van der Waals surface area contributed by atoms with E-state index in [-0.39, 0.29) is 53.9 Å². The van der Waals surface area contributed by atoms with Crippen molar-refractivity contribution in [3.63, 3.8) is 0 Å². The van der Waals surface area contributed by atoms with Gasteiger partial charge in [-0.1, -0.05) is 0 Å². The van der Waals surface area contributed by atoms with E-state index in [4.69, 9.17) is 0 Å². The number of amides is 2. The number of carbonyl (C=O) groups excluding carboxylic acids is 2. The molecule has 0 aliphatic rings. The average molecular weight is 441 g/mol. The van der Waals surface area contributed by atoms with Gasteiger partial charge in [-0.05, 0) is 41.5 Å². The Balaban J connectivity index is 0. The van der Waals surface area contributed by atoms with Crippen molar-refractivity contribution in [1.29, 1.82) is 0 Å². The van der Waals surface area contributed by atoms with Crippen LogP contribution in [0, 0.1) is 0 Å². The van der Waals surface area contributed by atoms with Crippen LogP contribution in [0.3, 0.4) is 0 Å². The Labute approximate surface area is 156 Å². The molecule has 4 N–H and O–H groups in total. The van der Waals surface area contributed by atoms with Crippen molar-refractivity contribution in [2.24, 2.45) is 4.99 Å². The van der Waals surface area contributed by atoms with Crippen LogP contribution in [-0.4, -0.2) is 49.0 Å². The molecule has 2 amide bonds. The molecule has 0 radical (unpaired) electrons. The monoisotopic (exact) mass is 441 g/mol. The second-order valence-corrected chi connectivity index (χ2v) is 6.39. The maximum atomic E-state index is 11.7. The lowest BCUT2D eigenvalue weighted by atomic mass is 10.1. The zero-order valence-electron chi connectivity index (χ0n) is 15.1. The molecule has 136 valence electrons. The van der Waals surface area contributed by atoms with Crippen LogP contribution in [0.1, 0.15) is 48.0 Å². The van der Waals surface area contributed by atoms with Crippen LogP contribution in [0.25, 0.3) is 0 Å². The normalized spacial score (nSPS) is 11.5. The highest BCUT2D eigenvalue weighted by Crippen LogP contribution is 1.97.